The molecule has 0 aliphatic rings. The number of carbonyl (C=O) groups excluding carboxylic acids is 1. The summed E-state index contributed by atoms with van der Waals surface area (Å²) in [5, 5.41) is 4.59. The summed E-state index contributed by atoms with van der Waals surface area (Å²) >= 11 is 6.16. The lowest BCUT2D eigenvalue weighted by Crippen LogP contribution is -2.24. The first-order valence-electron chi connectivity index (χ1n) is 9.64. The molecule has 6 heteroatoms. The largest absolute Gasteiger partial charge is 0.484 e. The molecular formula is C24H25ClN2O3. The molecule has 0 spiro atoms. The van der Waals surface area contributed by atoms with Gasteiger partial charge in [-0.1, -0.05) is 56.6 Å². The van der Waals surface area contributed by atoms with Crippen LogP contribution in [0.25, 0.3) is 11.3 Å². The third-order valence-corrected chi connectivity index (χ3v) is 4.96. The van der Waals surface area contributed by atoms with Crippen LogP contribution in [-0.4, -0.2) is 18.7 Å². The molecule has 0 saturated heterocycles. The zero-order chi connectivity index (χ0) is 21.7. The van der Waals surface area contributed by atoms with E-state index in [4.69, 9.17) is 20.8 Å². The Bertz CT molecular complexity index is 1050. The van der Waals surface area contributed by atoms with Crippen LogP contribution in [0.5, 0.6) is 5.75 Å². The van der Waals surface area contributed by atoms with Gasteiger partial charge < -0.3 is 9.15 Å². The van der Waals surface area contributed by atoms with Crippen LogP contribution in [0.2, 0.25) is 5.02 Å². The topological polar surface area (TPSA) is 63.8 Å². The normalized spacial score (nSPS) is 11.6. The zero-order valence-corrected chi connectivity index (χ0v) is 18.3. The monoisotopic (exact) mass is 424 g/mol. The Morgan fingerprint density at radius 1 is 1.13 bits per heavy atom. The molecule has 2 aromatic carbocycles. The van der Waals surface area contributed by atoms with Gasteiger partial charge in [-0.25, -0.2) is 5.43 Å². The van der Waals surface area contributed by atoms with Crippen LogP contribution in [-0.2, 0) is 10.2 Å². The van der Waals surface area contributed by atoms with Crippen molar-refractivity contribution >= 4 is 23.7 Å². The number of nitrogens with zero attached hydrogens (tertiary/aromatic N) is 1. The van der Waals surface area contributed by atoms with Crippen LogP contribution in [0.1, 0.15) is 37.7 Å². The van der Waals surface area contributed by atoms with Crippen LogP contribution in [0.4, 0.5) is 0 Å². The van der Waals surface area contributed by atoms with Crippen molar-refractivity contribution in [1.29, 1.82) is 0 Å². The van der Waals surface area contributed by atoms with Crippen molar-refractivity contribution < 1.29 is 13.9 Å². The van der Waals surface area contributed by atoms with Crippen LogP contribution in [0, 0.1) is 6.92 Å². The average molecular weight is 425 g/mol. The fourth-order valence-corrected chi connectivity index (χ4v) is 2.90. The molecule has 1 aromatic heterocycles. The number of carbonyl (C=O) groups is 1. The Balaban J connectivity index is 1.50. The minimum absolute atomic E-state index is 0.0715. The summed E-state index contributed by atoms with van der Waals surface area (Å²) < 4.78 is 11.2. The highest BCUT2D eigenvalue weighted by molar-refractivity contribution is 6.31. The molecule has 5 nitrogen and oxygen atoms in total. The van der Waals surface area contributed by atoms with Gasteiger partial charge in [0, 0.05) is 10.6 Å². The summed E-state index contributed by atoms with van der Waals surface area (Å²) in [7, 11) is 0. The van der Waals surface area contributed by atoms with Gasteiger partial charge in [0.2, 0.25) is 0 Å². The van der Waals surface area contributed by atoms with E-state index in [0.717, 1.165) is 11.1 Å². The minimum Gasteiger partial charge on any atom is -0.484 e. The van der Waals surface area contributed by atoms with Crippen molar-refractivity contribution in [3.63, 3.8) is 0 Å². The first kappa shape index (κ1) is 21.7. The molecule has 1 N–H and O–H groups in total. The average Bonchev–Trinajstić information content (AvgIpc) is 3.17. The van der Waals surface area contributed by atoms with Gasteiger partial charge in [0.15, 0.2) is 6.61 Å². The summed E-state index contributed by atoms with van der Waals surface area (Å²) in [6, 6.07) is 17.0. The van der Waals surface area contributed by atoms with Crippen LogP contribution >= 0.6 is 11.6 Å². The molecule has 30 heavy (non-hydrogen) atoms. The van der Waals surface area contributed by atoms with E-state index in [1.807, 2.05) is 55.5 Å². The van der Waals surface area contributed by atoms with E-state index in [2.05, 4.69) is 31.3 Å². The van der Waals surface area contributed by atoms with E-state index in [9.17, 15) is 4.79 Å². The maximum Gasteiger partial charge on any atom is 0.277 e. The molecule has 0 atom stereocenters. The number of benzene rings is 2. The van der Waals surface area contributed by atoms with Gasteiger partial charge in [0.1, 0.15) is 17.3 Å². The first-order valence-corrected chi connectivity index (χ1v) is 10.0. The number of aryl methyl sites for hydroxylation is 1. The second-order valence-corrected chi connectivity index (χ2v) is 8.43. The molecule has 1 amide bonds. The number of hydrazone groups is 1. The van der Waals surface area contributed by atoms with Gasteiger partial charge in [-0.2, -0.15) is 5.10 Å². The van der Waals surface area contributed by atoms with Crippen molar-refractivity contribution in [1.82, 2.24) is 5.43 Å². The Morgan fingerprint density at radius 2 is 1.87 bits per heavy atom. The second kappa shape index (κ2) is 9.18. The van der Waals surface area contributed by atoms with E-state index in [1.165, 1.54) is 11.8 Å². The number of hydrogen-bond acceptors (Lipinski definition) is 4. The summed E-state index contributed by atoms with van der Waals surface area (Å²) in [5.41, 5.74) is 5.58. The van der Waals surface area contributed by atoms with Crippen LogP contribution in [0.3, 0.4) is 0 Å². The van der Waals surface area contributed by atoms with E-state index in [1.54, 1.807) is 6.07 Å². The highest BCUT2D eigenvalue weighted by Gasteiger charge is 2.13. The van der Waals surface area contributed by atoms with Gasteiger partial charge in [0.25, 0.3) is 5.91 Å². The van der Waals surface area contributed by atoms with E-state index in [0.29, 0.717) is 22.3 Å². The Kier molecular flexibility index (Phi) is 6.63. The Labute approximate surface area is 181 Å². The van der Waals surface area contributed by atoms with E-state index in [-0.39, 0.29) is 17.9 Å². The maximum absolute atomic E-state index is 11.9. The lowest BCUT2D eigenvalue weighted by atomic mass is 9.87. The lowest BCUT2D eigenvalue weighted by Gasteiger charge is -2.19. The predicted octanol–water partition coefficient (Wildman–Crippen LogP) is 5.74. The fraction of sp³-hybridized carbons (Fsp3) is 0.250. The molecule has 3 rings (SSSR count). The second-order valence-electron chi connectivity index (χ2n) is 8.02. The van der Waals surface area contributed by atoms with Crippen molar-refractivity contribution in [2.45, 2.75) is 33.1 Å². The van der Waals surface area contributed by atoms with Gasteiger partial charge >= 0.3 is 0 Å². The van der Waals surface area contributed by atoms with Gasteiger partial charge in [-0.15, -0.1) is 0 Å². The number of rotatable bonds is 6. The van der Waals surface area contributed by atoms with Crippen LogP contribution < -0.4 is 10.2 Å². The Hall–Kier alpha value is -3.05. The molecule has 0 saturated carbocycles. The van der Waals surface area contributed by atoms with Crippen molar-refractivity contribution in [2.24, 2.45) is 5.10 Å². The molecule has 0 unspecified atom stereocenters. The molecule has 156 valence electrons. The van der Waals surface area contributed by atoms with Crippen molar-refractivity contribution in [3.8, 4) is 17.1 Å². The smallest absolute Gasteiger partial charge is 0.277 e. The summed E-state index contributed by atoms with van der Waals surface area (Å²) in [4.78, 5) is 11.9. The quantitative estimate of drug-likeness (QED) is 0.405. The number of ether oxygens (including phenoxy) is 1. The molecule has 0 bridgehead atoms. The summed E-state index contributed by atoms with van der Waals surface area (Å²) in [6.07, 6.45) is 1.44. The molecule has 3 aromatic rings. The third-order valence-electron chi connectivity index (χ3n) is 4.55. The van der Waals surface area contributed by atoms with Gasteiger partial charge in [-0.3, -0.25) is 4.79 Å². The predicted molar refractivity (Wildman–Crippen MR) is 120 cm³/mol. The standard InChI is InChI=1S/C24H25ClN2O3/c1-16-5-6-17(13-21(16)25)22-12-11-20(30-22)14-26-27-23(28)15-29-19-9-7-18(8-10-19)24(2,3)4/h5-14H,15H2,1-4H3,(H,27,28)/b26-14-. The van der Waals surface area contributed by atoms with Crippen LogP contribution in [0.15, 0.2) is 64.1 Å². The molecule has 0 aliphatic heterocycles. The highest BCUT2D eigenvalue weighted by atomic mass is 35.5. The number of amides is 1. The van der Waals surface area contributed by atoms with Gasteiger partial charge in [-0.05, 0) is 53.8 Å². The zero-order valence-electron chi connectivity index (χ0n) is 17.5. The number of nitrogens with one attached hydrogen (secondary N) is 1. The maximum atomic E-state index is 11.9. The summed E-state index contributed by atoms with van der Waals surface area (Å²) in [5.74, 6) is 1.46. The Morgan fingerprint density at radius 3 is 2.53 bits per heavy atom. The van der Waals surface area contributed by atoms with Crippen molar-refractivity contribution in [3.05, 3.63) is 76.5 Å². The number of halogens is 1. The SMILES string of the molecule is Cc1ccc(-c2ccc(/C=N\NC(=O)COc3ccc(C(C)(C)C)cc3)o2)cc1Cl. The van der Waals surface area contributed by atoms with Gasteiger partial charge in [0.05, 0.1) is 6.21 Å². The minimum atomic E-state index is -0.358. The fourth-order valence-electron chi connectivity index (χ4n) is 2.72. The molecule has 1 heterocycles. The third kappa shape index (κ3) is 5.74. The lowest BCUT2D eigenvalue weighted by molar-refractivity contribution is -0.123. The highest BCUT2D eigenvalue weighted by Crippen LogP contribution is 2.26. The van der Waals surface area contributed by atoms with E-state index >= 15 is 0 Å². The van der Waals surface area contributed by atoms with Crippen molar-refractivity contribution in [2.75, 3.05) is 6.61 Å². The van der Waals surface area contributed by atoms with E-state index < -0.39 is 0 Å². The molecular weight excluding hydrogens is 400 g/mol. The summed E-state index contributed by atoms with van der Waals surface area (Å²) in [6.45, 7) is 8.25. The number of furan rings is 1. The molecule has 0 radical (unpaired) electrons. The molecule has 0 aliphatic carbocycles. The first-order chi connectivity index (χ1) is 14.2. The molecule has 0 fully saturated rings. The number of hydrogen-bond donors (Lipinski definition) is 1.